The lowest BCUT2D eigenvalue weighted by Crippen LogP contribution is -2.47. The van der Waals surface area contributed by atoms with Gasteiger partial charge in [0.05, 0.1) is 24.1 Å². The van der Waals surface area contributed by atoms with Gasteiger partial charge >= 0.3 is 6.18 Å². The van der Waals surface area contributed by atoms with Crippen molar-refractivity contribution in [2.24, 2.45) is 5.92 Å². The topological polar surface area (TPSA) is 77.0 Å². The monoisotopic (exact) mass is 427 g/mol. The Kier molecular flexibility index (Phi) is 4.74. The lowest BCUT2D eigenvalue weighted by molar-refractivity contribution is -0.140. The smallest absolute Gasteiger partial charge is 0.431 e. The quantitative estimate of drug-likeness (QED) is 0.650. The van der Waals surface area contributed by atoms with Gasteiger partial charge < -0.3 is 15.0 Å². The maximum absolute atomic E-state index is 13.2. The lowest BCUT2D eigenvalue weighted by Gasteiger charge is -2.39. The van der Waals surface area contributed by atoms with Crippen molar-refractivity contribution in [3.63, 3.8) is 0 Å². The van der Waals surface area contributed by atoms with E-state index in [1.54, 1.807) is 6.07 Å². The first-order valence-corrected chi connectivity index (χ1v) is 10.1. The molecule has 3 aromatic rings. The molecule has 31 heavy (non-hydrogen) atoms. The number of aromatic amines is 1. The Labute approximate surface area is 176 Å². The van der Waals surface area contributed by atoms with Gasteiger partial charge in [0.1, 0.15) is 23.7 Å². The van der Waals surface area contributed by atoms with E-state index in [2.05, 4.69) is 26.3 Å². The highest BCUT2D eigenvalue weighted by Gasteiger charge is 2.39. The Morgan fingerprint density at radius 2 is 2.10 bits per heavy atom. The number of nitriles is 1. The number of hydrogen-bond donors (Lipinski definition) is 2. The molecule has 0 amide bonds. The first-order chi connectivity index (χ1) is 14.9. The molecule has 1 saturated heterocycles. The van der Waals surface area contributed by atoms with E-state index >= 15 is 0 Å². The van der Waals surface area contributed by atoms with E-state index in [1.165, 1.54) is 6.20 Å². The first kappa shape index (κ1) is 19.7. The Bertz CT molecular complexity index is 1150. The molecule has 0 bridgehead atoms. The van der Waals surface area contributed by atoms with Crippen molar-refractivity contribution in [3.8, 4) is 11.8 Å². The van der Waals surface area contributed by atoms with Crippen LogP contribution in [0.4, 0.5) is 18.9 Å². The van der Waals surface area contributed by atoms with E-state index in [0.29, 0.717) is 24.2 Å². The molecule has 2 aliphatic rings. The summed E-state index contributed by atoms with van der Waals surface area (Å²) in [5, 5.41) is 13.2. The van der Waals surface area contributed by atoms with E-state index in [-0.39, 0.29) is 23.6 Å². The van der Waals surface area contributed by atoms with Gasteiger partial charge in [0.2, 0.25) is 0 Å². The van der Waals surface area contributed by atoms with Crippen LogP contribution in [0, 0.1) is 17.2 Å². The average Bonchev–Trinajstić information content (AvgIpc) is 3.41. The first-order valence-electron chi connectivity index (χ1n) is 10.1. The number of para-hydroxylation sites is 1. The predicted molar refractivity (Wildman–Crippen MR) is 108 cm³/mol. The number of rotatable bonds is 3. The standard InChI is InChI=1S/C22H20F3N5O/c23-22(24,25)19-9-15-16(5-7-27-21(15)29-19)28-20-14-3-1-2-4-18(14)31-12-17(20)30-8-6-13(10-26)11-30/h1-5,7,9,13,17,20H,6,8,11-12H2,(H2,27,28,29). The second-order valence-corrected chi connectivity index (χ2v) is 7.95. The van der Waals surface area contributed by atoms with E-state index in [1.807, 2.05) is 24.3 Å². The number of alkyl halides is 3. The largest absolute Gasteiger partial charge is 0.491 e. The SMILES string of the molecule is N#CC1CCN(C2COc3ccccc3C2Nc2ccnc3[nH]c(C(F)(F)F)cc23)C1. The molecule has 1 fully saturated rings. The maximum atomic E-state index is 13.2. The van der Waals surface area contributed by atoms with Crippen LogP contribution in [0.25, 0.3) is 11.0 Å². The van der Waals surface area contributed by atoms with Crippen LogP contribution in [0.1, 0.15) is 23.7 Å². The van der Waals surface area contributed by atoms with Crippen molar-refractivity contribution in [2.45, 2.75) is 24.7 Å². The van der Waals surface area contributed by atoms with Gasteiger partial charge in [-0.2, -0.15) is 18.4 Å². The van der Waals surface area contributed by atoms with Gasteiger partial charge in [0.25, 0.3) is 0 Å². The third-order valence-electron chi connectivity index (χ3n) is 6.07. The van der Waals surface area contributed by atoms with Gasteiger partial charge in [-0.1, -0.05) is 18.2 Å². The number of halogens is 3. The summed E-state index contributed by atoms with van der Waals surface area (Å²) in [4.78, 5) is 8.66. The summed E-state index contributed by atoms with van der Waals surface area (Å²) in [5.74, 6) is 0.729. The number of fused-ring (bicyclic) bond motifs is 2. The number of nitrogens with one attached hydrogen (secondary N) is 2. The summed E-state index contributed by atoms with van der Waals surface area (Å²) in [6, 6.07) is 12.5. The molecule has 3 atom stereocenters. The number of likely N-dealkylation sites (tertiary alicyclic amines) is 1. The molecule has 2 N–H and O–H groups in total. The number of aromatic nitrogens is 2. The second-order valence-electron chi connectivity index (χ2n) is 7.95. The van der Waals surface area contributed by atoms with Crippen molar-refractivity contribution in [2.75, 3.05) is 25.0 Å². The highest BCUT2D eigenvalue weighted by molar-refractivity contribution is 5.90. The minimum atomic E-state index is -4.48. The maximum Gasteiger partial charge on any atom is 0.431 e. The second kappa shape index (κ2) is 7.46. The zero-order valence-corrected chi connectivity index (χ0v) is 16.5. The lowest BCUT2D eigenvalue weighted by atomic mass is 9.94. The summed E-state index contributed by atoms with van der Waals surface area (Å²) in [7, 11) is 0. The average molecular weight is 427 g/mol. The number of nitrogens with zero attached hydrogens (tertiary/aromatic N) is 3. The zero-order valence-electron chi connectivity index (χ0n) is 16.5. The van der Waals surface area contributed by atoms with Crippen molar-refractivity contribution < 1.29 is 17.9 Å². The fourth-order valence-corrected chi connectivity index (χ4v) is 4.50. The molecule has 3 unspecified atom stereocenters. The molecule has 5 rings (SSSR count). The van der Waals surface area contributed by atoms with Crippen LogP contribution in [0.5, 0.6) is 5.75 Å². The number of ether oxygens (including phenoxy) is 1. The van der Waals surface area contributed by atoms with E-state index in [9.17, 15) is 18.4 Å². The van der Waals surface area contributed by atoms with Gasteiger partial charge in [0, 0.05) is 35.9 Å². The molecule has 0 spiro atoms. The highest BCUT2D eigenvalue weighted by atomic mass is 19.4. The van der Waals surface area contributed by atoms with Gasteiger partial charge in [-0.25, -0.2) is 4.98 Å². The molecule has 0 radical (unpaired) electrons. The molecule has 0 saturated carbocycles. The van der Waals surface area contributed by atoms with Crippen molar-refractivity contribution in [1.29, 1.82) is 5.26 Å². The summed E-state index contributed by atoms with van der Waals surface area (Å²) in [6.07, 6.45) is -2.19. The minimum absolute atomic E-state index is 0.0236. The summed E-state index contributed by atoms with van der Waals surface area (Å²) in [5.41, 5.74) is 0.861. The van der Waals surface area contributed by atoms with Crippen LogP contribution in [0.3, 0.4) is 0 Å². The number of hydrogen-bond acceptors (Lipinski definition) is 5. The molecule has 6 nitrogen and oxygen atoms in total. The fourth-order valence-electron chi connectivity index (χ4n) is 4.50. The number of H-pyrrole nitrogens is 1. The Balaban J connectivity index is 1.53. The minimum Gasteiger partial charge on any atom is -0.491 e. The Morgan fingerprint density at radius 3 is 2.87 bits per heavy atom. The van der Waals surface area contributed by atoms with Crippen LogP contribution in [-0.2, 0) is 6.18 Å². The molecular formula is C22H20F3N5O. The molecule has 160 valence electrons. The van der Waals surface area contributed by atoms with E-state index in [0.717, 1.165) is 30.3 Å². The Hall–Kier alpha value is -3.25. The highest BCUT2D eigenvalue weighted by Crippen LogP contribution is 2.40. The van der Waals surface area contributed by atoms with E-state index < -0.39 is 11.9 Å². The van der Waals surface area contributed by atoms with Crippen molar-refractivity contribution >= 4 is 16.7 Å². The van der Waals surface area contributed by atoms with Gasteiger partial charge in [-0.3, -0.25) is 4.90 Å². The van der Waals surface area contributed by atoms with Gasteiger partial charge in [0.15, 0.2) is 0 Å². The third kappa shape index (κ3) is 3.57. The summed E-state index contributed by atoms with van der Waals surface area (Å²) < 4.78 is 45.7. The fraction of sp³-hybridized carbons (Fsp3) is 0.364. The molecule has 9 heteroatoms. The van der Waals surface area contributed by atoms with Crippen LogP contribution >= 0.6 is 0 Å². The predicted octanol–water partition coefficient (Wildman–Crippen LogP) is 4.34. The molecule has 4 heterocycles. The zero-order chi connectivity index (χ0) is 21.6. The van der Waals surface area contributed by atoms with Crippen molar-refractivity contribution in [3.05, 3.63) is 53.9 Å². The third-order valence-corrected chi connectivity index (χ3v) is 6.07. The van der Waals surface area contributed by atoms with Crippen molar-refractivity contribution in [1.82, 2.24) is 14.9 Å². The molecule has 0 aliphatic carbocycles. The van der Waals surface area contributed by atoms with Gasteiger partial charge in [-0.05, 0) is 24.6 Å². The summed E-state index contributed by atoms with van der Waals surface area (Å²) in [6.45, 7) is 1.86. The number of anilines is 1. The van der Waals surface area contributed by atoms with E-state index in [4.69, 9.17) is 4.74 Å². The van der Waals surface area contributed by atoms with Crippen LogP contribution in [0.15, 0.2) is 42.6 Å². The van der Waals surface area contributed by atoms with Crippen LogP contribution in [0.2, 0.25) is 0 Å². The Morgan fingerprint density at radius 1 is 1.26 bits per heavy atom. The summed E-state index contributed by atoms with van der Waals surface area (Å²) >= 11 is 0. The number of pyridine rings is 1. The van der Waals surface area contributed by atoms with Crippen LogP contribution in [-0.4, -0.2) is 40.6 Å². The molecular weight excluding hydrogens is 407 g/mol. The molecule has 2 aliphatic heterocycles. The number of benzene rings is 1. The normalized spacial score (nSPS) is 23.9. The van der Waals surface area contributed by atoms with Gasteiger partial charge in [-0.15, -0.1) is 0 Å². The van der Waals surface area contributed by atoms with Crippen LogP contribution < -0.4 is 10.1 Å². The molecule has 2 aromatic heterocycles. The molecule has 1 aromatic carbocycles.